The van der Waals surface area contributed by atoms with Crippen LogP contribution in [0.15, 0.2) is 44.7 Å². The summed E-state index contributed by atoms with van der Waals surface area (Å²) in [5.41, 5.74) is 1.03. The zero-order chi connectivity index (χ0) is 19.5. The van der Waals surface area contributed by atoms with Crippen LogP contribution in [0.3, 0.4) is 0 Å². The van der Waals surface area contributed by atoms with Crippen molar-refractivity contribution in [2.24, 2.45) is 5.16 Å². The van der Waals surface area contributed by atoms with Crippen molar-refractivity contribution in [3.63, 3.8) is 0 Å². The first kappa shape index (κ1) is 22.2. The van der Waals surface area contributed by atoms with Crippen LogP contribution in [0.2, 0.25) is 10.0 Å². The molecule has 0 fully saturated rings. The van der Waals surface area contributed by atoms with Gasteiger partial charge in [0.25, 0.3) is 0 Å². The van der Waals surface area contributed by atoms with E-state index >= 15 is 0 Å². The number of unbranched alkanes of at least 4 members (excludes halogenated alkanes) is 1. The summed E-state index contributed by atoms with van der Waals surface area (Å²) in [5, 5.41) is 8.63. The summed E-state index contributed by atoms with van der Waals surface area (Å²) in [4.78, 5) is 5.20. The lowest BCUT2D eigenvalue weighted by Crippen LogP contribution is -2.01. The van der Waals surface area contributed by atoms with Gasteiger partial charge in [0.2, 0.25) is 0 Å². The van der Waals surface area contributed by atoms with E-state index in [0.29, 0.717) is 34.8 Å². The minimum Gasteiger partial charge on any atom is -0.490 e. The van der Waals surface area contributed by atoms with Crippen LogP contribution in [0.5, 0.6) is 11.5 Å². The Hall–Kier alpha value is -1.11. The van der Waals surface area contributed by atoms with Crippen molar-refractivity contribution in [1.82, 2.24) is 0 Å². The third-order valence-electron chi connectivity index (χ3n) is 3.16. The number of halogens is 4. The molecule has 2 aromatic rings. The second-order valence-electron chi connectivity index (χ2n) is 5.20. The Morgan fingerprint density at radius 1 is 1.07 bits per heavy atom. The SMILES string of the molecule is ClC(Cl)=CCOc1cc(Cl)c(OCCCCON=Cc2ccsc2)c(Cl)c1. The largest absolute Gasteiger partial charge is 0.490 e. The van der Waals surface area contributed by atoms with Crippen molar-refractivity contribution in [3.05, 3.63) is 55.1 Å². The van der Waals surface area contributed by atoms with Crippen molar-refractivity contribution in [2.45, 2.75) is 12.8 Å². The van der Waals surface area contributed by atoms with E-state index in [2.05, 4.69) is 5.16 Å². The topological polar surface area (TPSA) is 40.0 Å². The molecular formula is C18H17Cl4NO3S. The Morgan fingerprint density at radius 3 is 2.48 bits per heavy atom. The molecule has 1 aromatic heterocycles. The fraction of sp³-hybridized carbons (Fsp3) is 0.278. The monoisotopic (exact) mass is 467 g/mol. The van der Waals surface area contributed by atoms with Crippen LogP contribution in [0.4, 0.5) is 0 Å². The van der Waals surface area contributed by atoms with Gasteiger partial charge < -0.3 is 14.3 Å². The van der Waals surface area contributed by atoms with E-state index in [4.69, 9.17) is 60.7 Å². The predicted molar refractivity (Wildman–Crippen MR) is 114 cm³/mol. The molecule has 0 aliphatic rings. The first-order valence-corrected chi connectivity index (χ1v) is 10.4. The maximum Gasteiger partial charge on any atom is 0.156 e. The molecule has 0 amide bonds. The van der Waals surface area contributed by atoms with E-state index in [1.54, 1.807) is 29.7 Å². The summed E-state index contributed by atoms with van der Waals surface area (Å²) < 4.78 is 11.2. The molecule has 0 aliphatic heterocycles. The van der Waals surface area contributed by atoms with Crippen molar-refractivity contribution >= 4 is 64.0 Å². The molecule has 27 heavy (non-hydrogen) atoms. The fourth-order valence-electron chi connectivity index (χ4n) is 1.90. The molecule has 0 saturated carbocycles. The third-order valence-corrected chi connectivity index (χ3v) is 4.73. The number of rotatable bonds is 11. The lowest BCUT2D eigenvalue weighted by molar-refractivity contribution is 0.137. The molecule has 0 saturated heterocycles. The van der Waals surface area contributed by atoms with Crippen molar-refractivity contribution in [1.29, 1.82) is 0 Å². The van der Waals surface area contributed by atoms with Gasteiger partial charge in [-0.2, -0.15) is 11.3 Å². The Kier molecular flexibility index (Phi) is 10.2. The number of hydrogen-bond donors (Lipinski definition) is 0. The van der Waals surface area contributed by atoms with Crippen LogP contribution in [-0.2, 0) is 4.84 Å². The van der Waals surface area contributed by atoms with Crippen LogP contribution in [0, 0.1) is 0 Å². The molecule has 0 spiro atoms. The average Bonchev–Trinajstić information content (AvgIpc) is 3.12. The van der Waals surface area contributed by atoms with Gasteiger partial charge in [-0.25, -0.2) is 0 Å². The molecule has 0 N–H and O–H groups in total. The minimum absolute atomic E-state index is 0.133. The van der Waals surface area contributed by atoms with E-state index < -0.39 is 0 Å². The van der Waals surface area contributed by atoms with Gasteiger partial charge in [-0.1, -0.05) is 51.6 Å². The summed E-state index contributed by atoms with van der Waals surface area (Å²) in [6.07, 6.45) is 4.77. The van der Waals surface area contributed by atoms with Gasteiger partial charge in [0.15, 0.2) is 5.75 Å². The summed E-state index contributed by atoms with van der Waals surface area (Å²) in [5.74, 6) is 0.924. The van der Waals surface area contributed by atoms with Gasteiger partial charge in [0, 0.05) is 17.7 Å². The third kappa shape index (κ3) is 8.62. The van der Waals surface area contributed by atoms with Crippen LogP contribution in [-0.4, -0.2) is 26.0 Å². The molecule has 146 valence electrons. The highest BCUT2D eigenvalue weighted by Crippen LogP contribution is 2.37. The lowest BCUT2D eigenvalue weighted by atomic mass is 10.3. The Morgan fingerprint density at radius 2 is 1.81 bits per heavy atom. The molecule has 2 rings (SSSR count). The maximum absolute atomic E-state index is 6.21. The highest BCUT2D eigenvalue weighted by molar-refractivity contribution is 7.08. The Balaban J connectivity index is 1.68. The van der Waals surface area contributed by atoms with Gasteiger partial charge in [0.05, 0.1) is 22.9 Å². The molecule has 0 atom stereocenters. The number of benzene rings is 1. The molecule has 0 aliphatic carbocycles. The van der Waals surface area contributed by atoms with Crippen LogP contribution in [0.25, 0.3) is 0 Å². The standard InChI is InChI=1S/C18H17Cl4NO3S/c19-15-9-14(24-7-3-17(21)22)10-16(20)18(15)25-5-1-2-6-26-23-11-13-4-8-27-12-13/h3-4,8-12H,1-2,5-7H2. The van der Waals surface area contributed by atoms with E-state index in [0.717, 1.165) is 18.4 Å². The molecule has 1 aromatic carbocycles. The molecule has 0 bridgehead atoms. The smallest absolute Gasteiger partial charge is 0.156 e. The predicted octanol–water partition coefficient (Wildman–Crippen LogP) is 6.96. The van der Waals surface area contributed by atoms with Gasteiger partial charge in [-0.05, 0) is 35.7 Å². The summed E-state index contributed by atoms with van der Waals surface area (Å²) >= 11 is 25.1. The molecular weight excluding hydrogens is 452 g/mol. The van der Waals surface area contributed by atoms with Crippen LogP contribution >= 0.6 is 57.7 Å². The number of oxime groups is 1. The zero-order valence-corrected chi connectivity index (χ0v) is 18.0. The van der Waals surface area contributed by atoms with Crippen molar-refractivity contribution < 1.29 is 14.3 Å². The highest BCUT2D eigenvalue weighted by atomic mass is 35.5. The van der Waals surface area contributed by atoms with E-state index in [1.165, 1.54) is 6.08 Å². The molecule has 0 unspecified atom stereocenters. The second-order valence-corrected chi connectivity index (χ2v) is 7.80. The van der Waals surface area contributed by atoms with Gasteiger partial charge >= 0.3 is 0 Å². The normalized spacial score (nSPS) is 10.8. The highest BCUT2D eigenvalue weighted by Gasteiger charge is 2.10. The van der Waals surface area contributed by atoms with E-state index in [9.17, 15) is 0 Å². The van der Waals surface area contributed by atoms with Gasteiger partial charge in [-0.15, -0.1) is 0 Å². The second kappa shape index (κ2) is 12.4. The average molecular weight is 469 g/mol. The molecule has 9 heteroatoms. The Labute approximate surface area is 182 Å². The number of ether oxygens (including phenoxy) is 2. The van der Waals surface area contributed by atoms with E-state index in [-0.39, 0.29) is 11.1 Å². The summed E-state index contributed by atoms with van der Waals surface area (Å²) in [6, 6.07) is 5.22. The summed E-state index contributed by atoms with van der Waals surface area (Å²) in [6.45, 7) is 1.18. The van der Waals surface area contributed by atoms with E-state index in [1.807, 2.05) is 16.8 Å². The van der Waals surface area contributed by atoms with Crippen LogP contribution in [0.1, 0.15) is 18.4 Å². The van der Waals surface area contributed by atoms with Crippen LogP contribution < -0.4 is 9.47 Å². The first-order chi connectivity index (χ1) is 13.1. The van der Waals surface area contributed by atoms with Gasteiger partial charge in [0.1, 0.15) is 23.5 Å². The molecule has 1 heterocycles. The summed E-state index contributed by atoms with van der Waals surface area (Å²) in [7, 11) is 0. The zero-order valence-electron chi connectivity index (χ0n) is 14.2. The number of hydrogen-bond acceptors (Lipinski definition) is 5. The molecule has 0 radical (unpaired) electrons. The van der Waals surface area contributed by atoms with Crippen molar-refractivity contribution in [3.8, 4) is 11.5 Å². The Bertz CT molecular complexity index is 739. The lowest BCUT2D eigenvalue weighted by Gasteiger charge is -2.12. The van der Waals surface area contributed by atoms with Crippen molar-refractivity contribution in [2.75, 3.05) is 19.8 Å². The fourth-order valence-corrected chi connectivity index (χ4v) is 3.21. The molecule has 4 nitrogen and oxygen atoms in total. The number of thiophene rings is 1. The minimum atomic E-state index is 0.133. The quantitative estimate of drug-likeness (QED) is 0.203. The number of nitrogens with zero attached hydrogens (tertiary/aromatic N) is 1. The first-order valence-electron chi connectivity index (χ1n) is 7.99. The maximum atomic E-state index is 6.21. The van der Waals surface area contributed by atoms with Gasteiger partial charge in [-0.3, -0.25) is 0 Å².